The van der Waals surface area contributed by atoms with Crippen molar-refractivity contribution in [3.63, 3.8) is 0 Å². The molecule has 1 saturated heterocycles. The monoisotopic (exact) mass is 430 g/mol. The molecule has 1 fully saturated rings. The molecule has 6 nitrogen and oxygen atoms in total. The van der Waals surface area contributed by atoms with Crippen LogP contribution < -0.4 is 15.0 Å². The Labute approximate surface area is 182 Å². The molecule has 1 amide bonds. The van der Waals surface area contributed by atoms with Gasteiger partial charge in [0.25, 0.3) is 5.91 Å². The Kier molecular flexibility index (Phi) is 7.24. The molecule has 0 bridgehead atoms. The van der Waals surface area contributed by atoms with Crippen LogP contribution in [0, 0.1) is 6.92 Å². The predicted octanol–water partition coefficient (Wildman–Crippen LogP) is 3.98. The van der Waals surface area contributed by atoms with E-state index in [-0.39, 0.29) is 18.3 Å². The van der Waals surface area contributed by atoms with Gasteiger partial charge in [0.15, 0.2) is 17.1 Å². The number of fused-ring (bicyclic) bond motifs is 1. The van der Waals surface area contributed by atoms with Gasteiger partial charge in [-0.2, -0.15) is 0 Å². The molecule has 7 heteroatoms. The minimum Gasteiger partial charge on any atom is -0.493 e. The molecular formula is C23H27ClN2O4. The first-order valence-electron chi connectivity index (χ1n) is 9.94. The lowest BCUT2D eigenvalue weighted by molar-refractivity contribution is 0.0927. The summed E-state index contributed by atoms with van der Waals surface area (Å²) in [6.45, 7) is 5.48. The molecule has 0 unspecified atom stereocenters. The summed E-state index contributed by atoms with van der Waals surface area (Å²) in [6.07, 6.45) is 0.772. The number of nitrogens with zero attached hydrogens (tertiary/aromatic N) is 1. The Hall–Kier alpha value is -2.70. The third-order valence-electron chi connectivity index (χ3n) is 5.34. The molecule has 0 aliphatic carbocycles. The van der Waals surface area contributed by atoms with Crippen molar-refractivity contribution in [1.29, 1.82) is 0 Å². The summed E-state index contributed by atoms with van der Waals surface area (Å²) < 4.78 is 17.0. The van der Waals surface area contributed by atoms with Gasteiger partial charge in [-0.05, 0) is 31.0 Å². The van der Waals surface area contributed by atoms with Gasteiger partial charge in [-0.25, -0.2) is 0 Å². The van der Waals surface area contributed by atoms with E-state index in [1.54, 1.807) is 7.11 Å². The zero-order chi connectivity index (χ0) is 20.2. The molecule has 0 radical (unpaired) electrons. The van der Waals surface area contributed by atoms with E-state index < -0.39 is 0 Å². The lowest BCUT2D eigenvalue weighted by Crippen LogP contribution is -2.36. The molecule has 30 heavy (non-hydrogen) atoms. The van der Waals surface area contributed by atoms with Crippen molar-refractivity contribution in [2.75, 3.05) is 44.9 Å². The van der Waals surface area contributed by atoms with Crippen molar-refractivity contribution in [1.82, 2.24) is 5.32 Å². The van der Waals surface area contributed by atoms with Gasteiger partial charge in [-0.1, -0.05) is 30.3 Å². The number of rotatable bonds is 6. The lowest BCUT2D eigenvalue weighted by atomic mass is 10.1. The van der Waals surface area contributed by atoms with Crippen molar-refractivity contribution < 1.29 is 18.7 Å². The Morgan fingerprint density at radius 1 is 1.13 bits per heavy atom. The second-order valence-electron chi connectivity index (χ2n) is 7.14. The van der Waals surface area contributed by atoms with Crippen LogP contribution in [0.15, 0.2) is 46.9 Å². The maximum absolute atomic E-state index is 12.8. The molecule has 3 aromatic rings. The van der Waals surface area contributed by atoms with Crippen molar-refractivity contribution in [3.05, 3.63) is 59.4 Å². The van der Waals surface area contributed by atoms with Crippen molar-refractivity contribution >= 4 is 35.0 Å². The van der Waals surface area contributed by atoms with Gasteiger partial charge in [0.05, 0.1) is 25.7 Å². The smallest absolute Gasteiger partial charge is 0.287 e. The van der Waals surface area contributed by atoms with Crippen molar-refractivity contribution in [2.45, 2.75) is 13.3 Å². The van der Waals surface area contributed by atoms with Crippen LogP contribution in [0.3, 0.4) is 0 Å². The molecule has 1 aliphatic heterocycles. The molecule has 2 aromatic carbocycles. The molecule has 0 spiro atoms. The van der Waals surface area contributed by atoms with E-state index in [0.29, 0.717) is 36.9 Å². The number of morpholine rings is 1. The minimum atomic E-state index is -0.204. The fourth-order valence-corrected chi connectivity index (χ4v) is 3.80. The largest absolute Gasteiger partial charge is 0.493 e. The molecule has 2 heterocycles. The van der Waals surface area contributed by atoms with E-state index >= 15 is 0 Å². The standard InChI is InChI=1S/C23H26N2O4.ClH/c1-16-20-18(25-12-14-28-15-13-25)8-9-19(27-2)22(20)29-21(16)23(26)24-11-10-17-6-4-3-5-7-17;/h3-9H,10-15H2,1-2H3,(H,24,26);1H. The molecule has 1 aromatic heterocycles. The number of aryl methyl sites for hydroxylation is 1. The van der Waals surface area contributed by atoms with Crippen LogP contribution in [-0.4, -0.2) is 45.9 Å². The molecule has 1 aliphatic rings. The van der Waals surface area contributed by atoms with Gasteiger partial charge in [0, 0.05) is 30.9 Å². The third kappa shape index (κ3) is 4.40. The minimum absolute atomic E-state index is 0. The first kappa shape index (κ1) is 22.0. The van der Waals surface area contributed by atoms with Gasteiger partial charge in [-0.3, -0.25) is 4.79 Å². The number of nitrogens with one attached hydrogen (secondary N) is 1. The normalized spacial score (nSPS) is 13.7. The van der Waals surface area contributed by atoms with Gasteiger partial charge in [0.1, 0.15) is 0 Å². The van der Waals surface area contributed by atoms with E-state index in [1.165, 1.54) is 5.56 Å². The average Bonchev–Trinajstić information content (AvgIpc) is 3.12. The summed E-state index contributed by atoms with van der Waals surface area (Å²) >= 11 is 0. The van der Waals surface area contributed by atoms with E-state index in [2.05, 4.69) is 22.3 Å². The predicted molar refractivity (Wildman–Crippen MR) is 120 cm³/mol. The highest BCUT2D eigenvalue weighted by atomic mass is 35.5. The van der Waals surface area contributed by atoms with Crippen LogP contribution in [0.5, 0.6) is 5.75 Å². The summed E-state index contributed by atoms with van der Waals surface area (Å²) in [4.78, 5) is 15.1. The van der Waals surface area contributed by atoms with Crippen LogP contribution in [-0.2, 0) is 11.2 Å². The zero-order valence-electron chi connectivity index (χ0n) is 17.3. The summed E-state index contributed by atoms with van der Waals surface area (Å²) in [6, 6.07) is 14.0. The van der Waals surface area contributed by atoms with E-state index in [0.717, 1.165) is 36.1 Å². The summed E-state index contributed by atoms with van der Waals surface area (Å²) in [5.74, 6) is 0.764. The summed E-state index contributed by atoms with van der Waals surface area (Å²) in [7, 11) is 1.61. The average molecular weight is 431 g/mol. The van der Waals surface area contributed by atoms with Gasteiger partial charge < -0.3 is 24.1 Å². The summed E-state index contributed by atoms with van der Waals surface area (Å²) in [5.41, 5.74) is 3.68. The third-order valence-corrected chi connectivity index (χ3v) is 5.34. The van der Waals surface area contributed by atoms with Crippen molar-refractivity contribution in [2.24, 2.45) is 0 Å². The highest BCUT2D eigenvalue weighted by Gasteiger charge is 2.25. The summed E-state index contributed by atoms with van der Waals surface area (Å²) in [5, 5.41) is 3.91. The van der Waals surface area contributed by atoms with Crippen LogP contribution >= 0.6 is 12.4 Å². The SMILES string of the molecule is COc1ccc(N2CCOCC2)c2c(C)c(C(=O)NCCc3ccccc3)oc12.Cl. The Morgan fingerprint density at radius 2 is 1.87 bits per heavy atom. The van der Waals surface area contributed by atoms with Crippen LogP contribution in [0.1, 0.15) is 21.7 Å². The number of benzene rings is 2. The number of methoxy groups -OCH3 is 1. The first-order valence-corrected chi connectivity index (χ1v) is 9.94. The Bertz CT molecular complexity index is 997. The number of carbonyl (C=O) groups is 1. The number of anilines is 1. The first-order chi connectivity index (χ1) is 14.2. The van der Waals surface area contributed by atoms with Crippen molar-refractivity contribution in [3.8, 4) is 5.75 Å². The van der Waals surface area contributed by atoms with Crippen LogP contribution in [0.4, 0.5) is 5.69 Å². The maximum atomic E-state index is 12.8. The zero-order valence-corrected chi connectivity index (χ0v) is 18.1. The van der Waals surface area contributed by atoms with E-state index in [1.807, 2.05) is 37.3 Å². The molecule has 1 N–H and O–H groups in total. The molecule has 4 rings (SSSR count). The Balaban J connectivity index is 0.00000256. The fraction of sp³-hybridized carbons (Fsp3) is 0.348. The molecule has 0 saturated carbocycles. The quantitative estimate of drug-likeness (QED) is 0.640. The topological polar surface area (TPSA) is 63.9 Å². The number of amides is 1. The molecule has 160 valence electrons. The highest BCUT2D eigenvalue weighted by molar-refractivity contribution is 6.05. The maximum Gasteiger partial charge on any atom is 0.287 e. The van der Waals surface area contributed by atoms with Gasteiger partial charge in [-0.15, -0.1) is 12.4 Å². The van der Waals surface area contributed by atoms with Crippen LogP contribution in [0.2, 0.25) is 0 Å². The van der Waals surface area contributed by atoms with Gasteiger partial charge in [0.2, 0.25) is 0 Å². The second kappa shape index (κ2) is 9.87. The van der Waals surface area contributed by atoms with Crippen LogP contribution in [0.25, 0.3) is 11.0 Å². The fourth-order valence-electron chi connectivity index (χ4n) is 3.80. The molecule has 0 atom stereocenters. The Morgan fingerprint density at radius 3 is 2.57 bits per heavy atom. The van der Waals surface area contributed by atoms with Gasteiger partial charge >= 0.3 is 0 Å². The number of hydrogen-bond donors (Lipinski definition) is 1. The van der Waals surface area contributed by atoms with E-state index in [9.17, 15) is 4.79 Å². The molecular weight excluding hydrogens is 404 g/mol. The second-order valence-corrected chi connectivity index (χ2v) is 7.14. The number of furan rings is 1. The number of halogens is 1. The highest BCUT2D eigenvalue weighted by Crippen LogP contribution is 2.39. The number of ether oxygens (including phenoxy) is 2. The van der Waals surface area contributed by atoms with E-state index in [4.69, 9.17) is 13.9 Å². The lowest BCUT2D eigenvalue weighted by Gasteiger charge is -2.29. The number of carbonyl (C=O) groups excluding carboxylic acids is 1. The number of hydrogen-bond acceptors (Lipinski definition) is 5.